The zero-order valence-corrected chi connectivity index (χ0v) is 17.7. The van der Waals surface area contributed by atoms with E-state index in [1.807, 2.05) is 24.0 Å². The summed E-state index contributed by atoms with van der Waals surface area (Å²) in [6, 6.07) is 10.7. The summed E-state index contributed by atoms with van der Waals surface area (Å²) in [5, 5.41) is 11.0. The average molecular weight is 383 g/mol. The molecule has 2 heterocycles. The number of nitrogens with one attached hydrogen (secondary N) is 2. The van der Waals surface area contributed by atoms with Gasteiger partial charge >= 0.3 is 0 Å². The van der Waals surface area contributed by atoms with Crippen molar-refractivity contribution in [2.24, 2.45) is 23.9 Å². The third kappa shape index (κ3) is 5.58. The molecule has 1 saturated heterocycles. The Morgan fingerprint density at radius 1 is 1.07 bits per heavy atom. The largest absolute Gasteiger partial charge is 0.352 e. The number of likely N-dealkylation sites (tertiary alicyclic amines) is 1. The van der Waals surface area contributed by atoms with E-state index >= 15 is 0 Å². The zero-order chi connectivity index (χ0) is 19.9. The van der Waals surface area contributed by atoms with Crippen molar-refractivity contribution in [1.82, 2.24) is 25.3 Å². The SMILES string of the molecule is CN=C(NCc1ccccc1CN1CC(C)CC(C)C1)NCc1ccnn1C. The first-order valence-electron chi connectivity index (χ1n) is 10.3. The van der Waals surface area contributed by atoms with Crippen LogP contribution >= 0.6 is 0 Å². The number of aliphatic imine (C=N–C) groups is 1. The van der Waals surface area contributed by atoms with Crippen LogP contribution in [0.3, 0.4) is 0 Å². The fraction of sp³-hybridized carbons (Fsp3) is 0.545. The second kappa shape index (κ2) is 9.73. The standard InChI is InChI=1S/C22H34N6/c1-17-11-18(2)15-28(14-17)16-20-8-6-5-7-19(20)12-24-22(23-3)25-13-21-9-10-26-27(21)4/h5-10,17-18H,11-16H2,1-4H3,(H2,23,24,25). The van der Waals surface area contributed by atoms with Crippen LogP contribution in [0.5, 0.6) is 0 Å². The maximum Gasteiger partial charge on any atom is 0.191 e. The third-order valence-electron chi connectivity index (χ3n) is 5.49. The Morgan fingerprint density at radius 2 is 1.75 bits per heavy atom. The fourth-order valence-corrected chi connectivity index (χ4v) is 4.19. The molecule has 6 nitrogen and oxygen atoms in total. The minimum absolute atomic E-state index is 0.696. The van der Waals surface area contributed by atoms with E-state index in [9.17, 15) is 0 Å². The van der Waals surface area contributed by atoms with Crippen molar-refractivity contribution >= 4 is 5.96 Å². The number of hydrogen-bond acceptors (Lipinski definition) is 3. The molecular formula is C22H34N6. The van der Waals surface area contributed by atoms with Crippen molar-refractivity contribution in [2.45, 2.75) is 39.9 Å². The molecule has 0 aliphatic carbocycles. The third-order valence-corrected chi connectivity index (χ3v) is 5.49. The van der Waals surface area contributed by atoms with Gasteiger partial charge < -0.3 is 10.6 Å². The van der Waals surface area contributed by atoms with Crippen LogP contribution in [-0.4, -0.2) is 40.8 Å². The van der Waals surface area contributed by atoms with Gasteiger partial charge in [0.25, 0.3) is 0 Å². The van der Waals surface area contributed by atoms with Crippen LogP contribution in [0, 0.1) is 11.8 Å². The van der Waals surface area contributed by atoms with Crippen LogP contribution in [-0.2, 0) is 26.7 Å². The minimum Gasteiger partial charge on any atom is -0.352 e. The number of aryl methyl sites for hydroxylation is 1. The molecule has 2 unspecified atom stereocenters. The maximum absolute atomic E-state index is 4.35. The number of aromatic nitrogens is 2. The molecule has 0 bridgehead atoms. The molecule has 6 heteroatoms. The Morgan fingerprint density at radius 3 is 2.39 bits per heavy atom. The van der Waals surface area contributed by atoms with Gasteiger partial charge in [-0.25, -0.2) is 0 Å². The van der Waals surface area contributed by atoms with E-state index in [1.165, 1.54) is 30.6 Å². The Bertz CT molecular complexity index is 771. The van der Waals surface area contributed by atoms with Gasteiger partial charge in [0.1, 0.15) is 0 Å². The van der Waals surface area contributed by atoms with Gasteiger partial charge in [0, 0.05) is 46.5 Å². The molecule has 1 aliphatic heterocycles. The van der Waals surface area contributed by atoms with Crippen molar-refractivity contribution in [2.75, 3.05) is 20.1 Å². The van der Waals surface area contributed by atoms with Gasteiger partial charge in [-0.3, -0.25) is 14.6 Å². The predicted octanol–water partition coefficient (Wildman–Crippen LogP) is 2.76. The summed E-state index contributed by atoms with van der Waals surface area (Å²) >= 11 is 0. The second-order valence-corrected chi connectivity index (χ2v) is 8.13. The fourth-order valence-electron chi connectivity index (χ4n) is 4.19. The highest BCUT2D eigenvalue weighted by Crippen LogP contribution is 2.23. The van der Waals surface area contributed by atoms with Gasteiger partial charge in [0.15, 0.2) is 5.96 Å². The van der Waals surface area contributed by atoms with E-state index in [2.05, 4.69) is 63.7 Å². The van der Waals surface area contributed by atoms with E-state index in [1.54, 1.807) is 7.05 Å². The lowest BCUT2D eigenvalue weighted by molar-refractivity contribution is 0.134. The Kier molecular flexibility index (Phi) is 7.09. The molecule has 2 atom stereocenters. The molecule has 28 heavy (non-hydrogen) atoms. The van der Waals surface area contributed by atoms with Crippen LogP contribution in [0.2, 0.25) is 0 Å². The molecule has 1 aromatic carbocycles. The van der Waals surface area contributed by atoms with Gasteiger partial charge in [0.05, 0.1) is 12.2 Å². The van der Waals surface area contributed by atoms with E-state index in [0.717, 1.165) is 36.6 Å². The molecule has 1 aliphatic rings. The normalized spacial score (nSPS) is 20.9. The van der Waals surface area contributed by atoms with Gasteiger partial charge in [-0.2, -0.15) is 5.10 Å². The lowest BCUT2D eigenvalue weighted by Gasteiger charge is -2.35. The van der Waals surface area contributed by atoms with E-state index < -0.39 is 0 Å². The highest BCUT2D eigenvalue weighted by atomic mass is 15.3. The van der Waals surface area contributed by atoms with Gasteiger partial charge in [-0.15, -0.1) is 0 Å². The number of hydrogen-bond donors (Lipinski definition) is 2. The van der Waals surface area contributed by atoms with E-state index in [-0.39, 0.29) is 0 Å². The molecule has 0 radical (unpaired) electrons. The Balaban J connectivity index is 1.57. The van der Waals surface area contributed by atoms with Crippen molar-refractivity contribution < 1.29 is 0 Å². The predicted molar refractivity (Wildman–Crippen MR) is 115 cm³/mol. The first-order valence-corrected chi connectivity index (χ1v) is 10.3. The quantitative estimate of drug-likeness (QED) is 0.596. The van der Waals surface area contributed by atoms with Gasteiger partial charge in [-0.05, 0) is 35.4 Å². The highest BCUT2D eigenvalue weighted by molar-refractivity contribution is 5.79. The first kappa shape index (κ1) is 20.4. The number of nitrogens with zero attached hydrogens (tertiary/aromatic N) is 4. The van der Waals surface area contributed by atoms with E-state index in [0.29, 0.717) is 6.54 Å². The highest BCUT2D eigenvalue weighted by Gasteiger charge is 2.22. The summed E-state index contributed by atoms with van der Waals surface area (Å²) in [4.78, 5) is 6.96. The van der Waals surface area contributed by atoms with Crippen molar-refractivity contribution in [3.8, 4) is 0 Å². The molecule has 2 N–H and O–H groups in total. The summed E-state index contributed by atoms with van der Waals surface area (Å²) < 4.78 is 1.87. The second-order valence-electron chi connectivity index (χ2n) is 8.13. The average Bonchev–Trinajstić information content (AvgIpc) is 3.07. The molecule has 3 rings (SSSR count). The molecule has 0 saturated carbocycles. The summed E-state index contributed by atoms with van der Waals surface area (Å²) in [5.41, 5.74) is 3.85. The monoisotopic (exact) mass is 382 g/mol. The number of benzene rings is 1. The Labute approximate surface area is 169 Å². The van der Waals surface area contributed by atoms with Crippen molar-refractivity contribution in [3.63, 3.8) is 0 Å². The smallest absolute Gasteiger partial charge is 0.191 e. The molecular weight excluding hydrogens is 348 g/mol. The minimum atomic E-state index is 0.696. The lowest BCUT2D eigenvalue weighted by Crippen LogP contribution is -2.39. The zero-order valence-electron chi connectivity index (χ0n) is 17.7. The summed E-state index contributed by atoms with van der Waals surface area (Å²) in [7, 11) is 3.76. The van der Waals surface area contributed by atoms with Crippen LogP contribution in [0.4, 0.5) is 0 Å². The number of guanidine groups is 1. The van der Waals surface area contributed by atoms with E-state index in [4.69, 9.17) is 0 Å². The summed E-state index contributed by atoms with van der Waals surface area (Å²) in [5.74, 6) is 2.37. The van der Waals surface area contributed by atoms with Crippen LogP contribution in [0.25, 0.3) is 0 Å². The summed E-state index contributed by atoms with van der Waals surface area (Å²) in [6.07, 6.45) is 3.16. The number of rotatable bonds is 6. The summed E-state index contributed by atoms with van der Waals surface area (Å²) in [6.45, 7) is 9.61. The first-order chi connectivity index (χ1) is 13.5. The maximum atomic E-state index is 4.35. The van der Waals surface area contributed by atoms with Crippen LogP contribution in [0.1, 0.15) is 37.1 Å². The van der Waals surface area contributed by atoms with Crippen molar-refractivity contribution in [3.05, 3.63) is 53.3 Å². The van der Waals surface area contributed by atoms with Gasteiger partial charge in [-0.1, -0.05) is 38.1 Å². The topological polar surface area (TPSA) is 57.5 Å². The molecule has 0 amide bonds. The molecule has 1 aromatic heterocycles. The number of piperidine rings is 1. The van der Waals surface area contributed by atoms with Gasteiger partial charge in [0.2, 0.25) is 0 Å². The Hall–Kier alpha value is -2.34. The van der Waals surface area contributed by atoms with Crippen LogP contribution < -0.4 is 10.6 Å². The molecule has 152 valence electrons. The van der Waals surface area contributed by atoms with Crippen molar-refractivity contribution in [1.29, 1.82) is 0 Å². The molecule has 0 spiro atoms. The molecule has 2 aromatic rings. The van der Waals surface area contributed by atoms with Crippen LogP contribution in [0.15, 0.2) is 41.5 Å². The lowest BCUT2D eigenvalue weighted by atomic mass is 9.91. The molecule has 1 fully saturated rings.